The molecule has 0 saturated carbocycles. The molecule has 0 atom stereocenters. The molecule has 52 valence electrons. The molecule has 0 rings (SSSR count). The lowest BCUT2D eigenvalue weighted by Crippen LogP contribution is -2.04. The van der Waals surface area contributed by atoms with Crippen molar-refractivity contribution in [2.24, 2.45) is 4.36 Å². The van der Waals surface area contributed by atoms with Gasteiger partial charge in [-0.05, 0) is 0 Å². The molecule has 0 aliphatic carbocycles. The van der Waals surface area contributed by atoms with Crippen molar-refractivity contribution < 1.29 is 4.21 Å². The van der Waals surface area contributed by atoms with E-state index in [0.29, 0.717) is 11.5 Å². The third-order valence-corrected chi connectivity index (χ3v) is 3.33. The third kappa shape index (κ3) is 2.47. The van der Waals surface area contributed by atoms with Gasteiger partial charge in [-0.25, -0.2) is 4.21 Å². The zero-order valence-corrected chi connectivity index (χ0v) is 6.44. The van der Waals surface area contributed by atoms with Crippen molar-refractivity contribution in [1.29, 1.82) is 5.26 Å². The Morgan fingerprint density at radius 2 is 2.00 bits per heavy atom. The second-order valence-corrected chi connectivity index (χ2v) is 4.42. The first-order valence-electron chi connectivity index (χ1n) is 2.79. The van der Waals surface area contributed by atoms with Crippen LogP contribution in [0, 0.1) is 11.5 Å². The predicted molar refractivity (Wildman–Crippen MR) is 37.3 cm³/mol. The number of nitriles is 1. The first kappa shape index (κ1) is 8.44. The molecular weight excluding hydrogens is 136 g/mol. The van der Waals surface area contributed by atoms with E-state index in [-0.39, 0.29) is 0 Å². The highest BCUT2D eigenvalue weighted by molar-refractivity contribution is 7.93. The van der Waals surface area contributed by atoms with Crippen LogP contribution in [0.4, 0.5) is 0 Å². The molecule has 0 bridgehead atoms. The number of nitrogens with zero attached hydrogens (tertiary/aromatic N) is 2. The van der Waals surface area contributed by atoms with E-state index in [1.165, 1.54) is 0 Å². The molecule has 0 amide bonds. The minimum absolute atomic E-state index is 0.469. The van der Waals surface area contributed by atoms with E-state index in [9.17, 15) is 4.21 Å². The van der Waals surface area contributed by atoms with Crippen molar-refractivity contribution in [2.45, 2.75) is 13.8 Å². The van der Waals surface area contributed by atoms with Crippen LogP contribution in [-0.2, 0) is 9.73 Å². The van der Waals surface area contributed by atoms with E-state index in [1.807, 2.05) is 0 Å². The molecule has 0 aromatic carbocycles. The summed E-state index contributed by atoms with van der Waals surface area (Å²) < 4.78 is 14.5. The summed E-state index contributed by atoms with van der Waals surface area (Å²) in [6.45, 7) is 3.54. The number of hydrogen-bond acceptors (Lipinski definition) is 3. The van der Waals surface area contributed by atoms with Crippen molar-refractivity contribution in [2.75, 3.05) is 11.5 Å². The average molecular weight is 146 g/mol. The largest absolute Gasteiger partial charge is 0.249 e. The highest BCUT2D eigenvalue weighted by Crippen LogP contribution is 1.93. The van der Waals surface area contributed by atoms with E-state index in [2.05, 4.69) is 4.36 Å². The molecule has 0 aromatic heterocycles. The van der Waals surface area contributed by atoms with Crippen LogP contribution in [0.25, 0.3) is 0 Å². The van der Waals surface area contributed by atoms with Gasteiger partial charge in [0.25, 0.3) is 0 Å². The maximum Gasteiger partial charge on any atom is 0.214 e. The Morgan fingerprint density at radius 3 is 2.11 bits per heavy atom. The Hall–Kier alpha value is -0.560. The molecule has 3 nitrogen and oxygen atoms in total. The smallest absolute Gasteiger partial charge is 0.214 e. The Balaban J connectivity index is 4.54. The lowest BCUT2D eigenvalue weighted by Gasteiger charge is -1.96. The van der Waals surface area contributed by atoms with Crippen LogP contribution in [0.3, 0.4) is 0 Å². The van der Waals surface area contributed by atoms with Crippen LogP contribution < -0.4 is 0 Å². The Kier molecular flexibility index (Phi) is 3.25. The van der Waals surface area contributed by atoms with E-state index in [1.54, 1.807) is 20.0 Å². The molecule has 0 N–H and O–H groups in total. The van der Waals surface area contributed by atoms with E-state index in [4.69, 9.17) is 5.26 Å². The average Bonchev–Trinajstić information content (AvgIpc) is 1.89. The molecular formula is C5H10N2OS. The molecule has 0 heterocycles. The van der Waals surface area contributed by atoms with E-state index in [0.717, 1.165) is 0 Å². The van der Waals surface area contributed by atoms with Gasteiger partial charge in [0.1, 0.15) is 0 Å². The minimum Gasteiger partial charge on any atom is -0.249 e. The fraction of sp³-hybridized carbons (Fsp3) is 0.800. The summed E-state index contributed by atoms with van der Waals surface area (Å²) in [6.07, 6.45) is 1.56. The molecule has 0 aliphatic rings. The normalized spacial score (nSPS) is 10.3. The summed E-state index contributed by atoms with van der Waals surface area (Å²) in [5.74, 6) is 0.939. The molecule has 4 heteroatoms. The van der Waals surface area contributed by atoms with Gasteiger partial charge in [-0.15, -0.1) is 4.36 Å². The second kappa shape index (κ2) is 3.46. The topological polar surface area (TPSA) is 53.2 Å². The van der Waals surface area contributed by atoms with Crippen molar-refractivity contribution in [3.63, 3.8) is 0 Å². The molecule has 0 unspecified atom stereocenters. The van der Waals surface area contributed by atoms with Crippen LogP contribution in [0.2, 0.25) is 0 Å². The molecule has 0 fully saturated rings. The lowest BCUT2D eigenvalue weighted by molar-refractivity contribution is 0.678. The molecule has 0 aromatic rings. The van der Waals surface area contributed by atoms with Gasteiger partial charge < -0.3 is 0 Å². The Bertz CT molecular complexity index is 210. The Morgan fingerprint density at radius 1 is 1.56 bits per heavy atom. The standard InChI is InChI=1S/C5H10N2OS/c1-3-9(8,4-2)7-5-6/h3-4H2,1-2H3. The van der Waals surface area contributed by atoms with Crippen molar-refractivity contribution in [3.05, 3.63) is 0 Å². The summed E-state index contributed by atoms with van der Waals surface area (Å²) in [5, 5.41) is 8.07. The first-order valence-corrected chi connectivity index (χ1v) is 4.64. The van der Waals surface area contributed by atoms with Crippen LogP contribution >= 0.6 is 0 Å². The molecule has 0 saturated heterocycles. The van der Waals surface area contributed by atoms with Crippen LogP contribution in [0.15, 0.2) is 4.36 Å². The highest BCUT2D eigenvalue weighted by Gasteiger charge is 1.99. The maximum atomic E-state index is 11.1. The van der Waals surface area contributed by atoms with Gasteiger partial charge in [-0.2, -0.15) is 5.26 Å². The van der Waals surface area contributed by atoms with Gasteiger partial charge in [-0.1, -0.05) is 13.8 Å². The molecule has 9 heavy (non-hydrogen) atoms. The van der Waals surface area contributed by atoms with Gasteiger partial charge in [0.05, 0.1) is 9.73 Å². The molecule has 0 radical (unpaired) electrons. The van der Waals surface area contributed by atoms with Gasteiger partial charge in [-0.3, -0.25) is 0 Å². The van der Waals surface area contributed by atoms with Crippen LogP contribution in [-0.4, -0.2) is 15.7 Å². The van der Waals surface area contributed by atoms with Gasteiger partial charge in [0.2, 0.25) is 6.19 Å². The summed E-state index contributed by atoms with van der Waals surface area (Å²) in [7, 11) is -2.15. The van der Waals surface area contributed by atoms with Crippen molar-refractivity contribution in [1.82, 2.24) is 0 Å². The SMILES string of the molecule is CCS(=O)(CC)=NC#N. The highest BCUT2D eigenvalue weighted by atomic mass is 32.2. The third-order valence-electron chi connectivity index (χ3n) is 1.11. The monoisotopic (exact) mass is 146 g/mol. The first-order chi connectivity index (χ1) is 4.18. The molecule has 0 spiro atoms. The zero-order valence-electron chi connectivity index (χ0n) is 5.63. The van der Waals surface area contributed by atoms with E-state index < -0.39 is 9.73 Å². The summed E-state index contributed by atoms with van der Waals surface area (Å²) in [5.41, 5.74) is 0. The van der Waals surface area contributed by atoms with Crippen LogP contribution in [0.5, 0.6) is 0 Å². The van der Waals surface area contributed by atoms with Crippen molar-refractivity contribution >= 4 is 9.73 Å². The summed E-state index contributed by atoms with van der Waals surface area (Å²) >= 11 is 0. The lowest BCUT2D eigenvalue weighted by atomic mass is 11.0. The summed E-state index contributed by atoms with van der Waals surface area (Å²) in [6, 6.07) is 0. The summed E-state index contributed by atoms with van der Waals surface area (Å²) in [4.78, 5) is 0. The molecule has 0 aliphatic heterocycles. The van der Waals surface area contributed by atoms with Crippen molar-refractivity contribution in [3.8, 4) is 6.19 Å². The number of rotatable bonds is 2. The maximum absolute atomic E-state index is 11.1. The van der Waals surface area contributed by atoms with Gasteiger partial charge in [0.15, 0.2) is 0 Å². The van der Waals surface area contributed by atoms with Gasteiger partial charge >= 0.3 is 0 Å². The number of hydrogen-bond donors (Lipinski definition) is 0. The predicted octanol–water partition coefficient (Wildman–Crippen LogP) is 0.975. The van der Waals surface area contributed by atoms with Crippen LogP contribution in [0.1, 0.15) is 13.8 Å². The fourth-order valence-electron chi connectivity index (χ4n) is 0.408. The fourth-order valence-corrected chi connectivity index (χ4v) is 1.22. The zero-order chi connectivity index (χ0) is 7.33. The Labute approximate surface area is 55.9 Å². The quantitative estimate of drug-likeness (QED) is 0.545. The second-order valence-electron chi connectivity index (χ2n) is 1.54. The van der Waals surface area contributed by atoms with Gasteiger partial charge in [0, 0.05) is 11.5 Å². The van der Waals surface area contributed by atoms with E-state index >= 15 is 0 Å². The minimum atomic E-state index is -2.15.